The summed E-state index contributed by atoms with van der Waals surface area (Å²) in [6.07, 6.45) is 4.91. The van der Waals surface area contributed by atoms with Crippen molar-refractivity contribution in [2.24, 2.45) is 10.9 Å². The van der Waals surface area contributed by atoms with Crippen molar-refractivity contribution in [2.45, 2.75) is 45.2 Å². The number of rotatable bonds is 4. The van der Waals surface area contributed by atoms with Gasteiger partial charge in [-0.25, -0.2) is 0 Å². The molecule has 0 bridgehead atoms. The number of aliphatic imine (C=N–C) groups is 1. The molecule has 0 aromatic heterocycles. The molecule has 1 aromatic rings. The van der Waals surface area contributed by atoms with Gasteiger partial charge in [-0.05, 0) is 49.3 Å². The van der Waals surface area contributed by atoms with Crippen molar-refractivity contribution in [3.63, 3.8) is 0 Å². The average molecular weight is 386 g/mol. The van der Waals surface area contributed by atoms with Crippen LogP contribution in [-0.4, -0.2) is 55.4 Å². The summed E-state index contributed by atoms with van der Waals surface area (Å²) in [4.78, 5) is 29.9. The molecule has 2 fully saturated rings. The van der Waals surface area contributed by atoms with E-state index in [1.165, 1.54) is 25.7 Å². The lowest BCUT2D eigenvalue weighted by Crippen LogP contribution is -2.49. The molecule has 1 aliphatic carbocycles. The van der Waals surface area contributed by atoms with Gasteiger partial charge < -0.3 is 20.9 Å². The SMILES string of the molecule is CN=C(NCc1ccc(C(=O)N2CCNC(=O)C2)cc1)NC1CCC(C)CC1. The maximum atomic E-state index is 12.5. The molecule has 0 atom stereocenters. The molecule has 0 spiro atoms. The normalized spacial score (nSPS) is 23.1. The van der Waals surface area contributed by atoms with Gasteiger partial charge in [0, 0.05) is 38.3 Å². The lowest BCUT2D eigenvalue weighted by atomic mass is 9.87. The number of nitrogens with zero attached hydrogens (tertiary/aromatic N) is 2. The molecule has 1 saturated carbocycles. The number of guanidine groups is 1. The van der Waals surface area contributed by atoms with Crippen molar-refractivity contribution in [3.8, 4) is 0 Å². The third-order valence-corrected chi connectivity index (χ3v) is 5.57. The van der Waals surface area contributed by atoms with Crippen molar-refractivity contribution in [3.05, 3.63) is 35.4 Å². The monoisotopic (exact) mass is 385 g/mol. The summed E-state index contributed by atoms with van der Waals surface area (Å²) < 4.78 is 0. The first-order valence-corrected chi connectivity index (χ1v) is 10.2. The Kier molecular flexibility index (Phi) is 6.90. The first-order chi connectivity index (χ1) is 13.5. The smallest absolute Gasteiger partial charge is 0.254 e. The summed E-state index contributed by atoms with van der Waals surface area (Å²) in [6, 6.07) is 8.03. The van der Waals surface area contributed by atoms with Crippen LogP contribution in [0.15, 0.2) is 29.3 Å². The highest BCUT2D eigenvalue weighted by molar-refractivity contribution is 5.97. The molecule has 3 N–H and O–H groups in total. The van der Waals surface area contributed by atoms with Gasteiger partial charge in [0.1, 0.15) is 0 Å². The second-order valence-corrected chi connectivity index (χ2v) is 7.80. The van der Waals surface area contributed by atoms with E-state index in [2.05, 4.69) is 27.9 Å². The first-order valence-electron chi connectivity index (χ1n) is 10.2. The molecule has 1 saturated heterocycles. The number of amides is 2. The number of hydrogen-bond acceptors (Lipinski definition) is 3. The molecule has 0 radical (unpaired) electrons. The number of piperazine rings is 1. The van der Waals surface area contributed by atoms with Gasteiger partial charge in [-0.1, -0.05) is 19.1 Å². The zero-order chi connectivity index (χ0) is 19.9. The molecule has 7 nitrogen and oxygen atoms in total. The molecular weight excluding hydrogens is 354 g/mol. The lowest BCUT2D eigenvalue weighted by Gasteiger charge is -2.28. The molecule has 152 valence electrons. The first kappa shape index (κ1) is 20.2. The van der Waals surface area contributed by atoms with Crippen LogP contribution in [0.3, 0.4) is 0 Å². The number of carbonyl (C=O) groups is 2. The van der Waals surface area contributed by atoms with Gasteiger partial charge in [0.2, 0.25) is 5.91 Å². The Morgan fingerprint density at radius 2 is 1.93 bits per heavy atom. The van der Waals surface area contributed by atoms with Crippen molar-refractivity contribution in [1.82, 2.24) is 20.9 Å². The van der Waals surface area contributed by atoms with Crippen LogP contribution < -0.4 is 16.0 Å². The van der Waals surface area contributed by atoms with Gasteiger partial charge in [0.05, 0.1) is 6.54 Å². The quantitative estimate of drug-likeness (QED) is 0.542. The summed E-state index contributed by atoms with van der Waals surface area (Å²) in [6.45, 7) is 4.15. The standard InChI is InChI=1S/C21H31N5O2/c1-15-3-9-18(10-4-15)25-21(22-2)24-13-16-5-7-17(8-6-16)20(28)26-12-11-23-19(27)14-26/h5-8,15,18H,3-4,9-14H2,1-2H3,(H,23,27)(H2,22,24,25). The molecule has 2 amide bonds. The number of carbonyl (C=O) groups excluding carboxylic acids is 2. The van der Waals surface area contributed by atoms with Crippen molar-refractivity contribution < 1.29 is 9.59 Å². The minimum absolute atomic E-state index is 0.0987. The highest BCUT2D eigenvalue weighted by Gasteiger charge is 2.22. The minimum Gasteiger partial charge on any atom is -0.354 e. The molecule has 3 rings (SSSR count). The third-order valence-electron chi connectivity index (χ3n) is 5.57. The van der Waals surface area contributed by atoms with Crippen LogP contribution in [0.5, 0.6) is 0 Å². The Balaban J connectivity index is 1.49. The fourth-order valence-corrected chi connectivity index (χ4v) is 3.74. The minimum atomic E-state index is -0.105. The van der Waals surface area contributed by atoms with E-state index in [9.17, 15) is 9.59 Å². The molecular formula is C21H31N5O2. The van der Waals surface area contributed by atoms with Gasteiger partial charge in [0.25, 0.3) is 5.91 Å². The van der Waals surface area contributed by atoms with E-state index in [-0.39, 0.29) is 18.4 Å². The number of hydrogen-bond donors (Lipinski definition) is 3. The molecule has 2 aliphatic rings. The predicted molar refractivity (Wildman–Crippen MR) is 110 cm³/mol. The highest BCUT2D eigenvalue weighted by atomic mass is 16.2. The van der Waals surface area contributed by atoms with E-state index in [1.54, 1.807) is 11.9 Å². The van der Waals surface area contributed by atoms with Crippen molar-refractivity contribution in [2.75, 3.05) is 26.7 Å². The van der Waals surface area contributed by atoms with Crippen LogP contribution in [0.1, 0.15) is 48.5 Å². The Morgan fingerprint density at radius 1 is 1.21 bits per heavy atom. The van der Waals surface area contributed by atoms with Crippen LogP contribution in [0.4, 0.5) is 0 Å². The molecule has 7 heteroatoms. The Hall–Kier alpha value is -2.57. The Labute approximate surface area is 167 Å². The van der Waals surface area contributed by atoms with E-state index in [0.29, 0.717) is 31.2 Å². The van der Waals surface area contributed by atoms with Gasteiger partial charge in [0.15, 0.2) is 5.96 Å². The zero-order valence-corrected chi connectivity index (χ0v) is 16.8. The van der Waals surface area contributed by atoms with E-state index in [1.807, 2.05) is 24.3 Å². The average Bonchev–Trinajstić information content (AvgIpc) is 2.72. The Morgan fingerprint density at radius 3 is 2.57 bits per heavy atom. The van der Waals surface area contributed by atoms with E-state index < -0.39 is 0 Å². The molecule has 0 unspecified atom stereocenters. The van der Waals surface area contributed by atoms with Crippen molar-refractivity contribution in [1.29, 1.82) is 0 Å². The zero-order valence-electron chi connectivity index (χ0n) is 16.8. The molecule has 1 aromatic carbocycles. The van der Waals surface area contributed by atoms with Crippen LogP contribution in [-0.2, 0) is 11.3 Å². The predicted octanol–water partition coefficient (Wildman–Crippen LogP) is 1.50. The fourth-order valence-electron chi connectivity index (χ4n) is 3.74. The van der Waals surface area contributed by atoms with Crippen molar-refractivity contribution >= 4 is 17.8 Å². The molecule has 1 heterocycles. The van der Waals surface area contributed by atoms with Crippen LogP contribution in [0, 0.1) is 5.92 Å². The highest BCUT2D eigenvalue weighted by Crippen LogP contribution is 2.23. The summed E-state index contributed by atoms with van der Waals surface area (Å²) in [5.41, 5.74) is 1.69. The fraction of sp³-hybridized carbons (Fsp3) is 0.571. The topological polar surface area (TPSA) is 85.8 Å². The lowest BCUT2D eigenvalue weighted by molar-refractivity contribution is -0.123. The summed E-state index contributed by atoms with van der Waals surface area (Å²) >= 11 is 0. The maximum absolute atomic E-state index is 12.5. The largest absolute Gasteiger partial charge is 0.354 e. The summed E-state index contributed by atoms with van der Waals surface area (Å²) in [5, 5.41) is 9.60. The molecule has 28 heavy (non-hydrogen) atoms. The van der Waals surface area contributed by atoms with E-state index in [4.69, 9.17) is 0 Å². The summed E-state index contributed by atoms with van der Waals surface area (Å²) in [5.74, 6) is 1.44. The summed E-state index contributed by atoms with van der Waals surface area (Å²) in [7, 11) is 1.79. The van der Waals surface area contributed by atoms with Gasteiger partial charge >= 0.3 is 0 Å². The maximum Gasteiger partial charge on any atom is 0.254 e. The van der Waals surface area contributed by atoms with Gasteiger partial charge in [-0.15, -0.1) is 0 Å². The molecule has 1 aliphatic heterocycles. The van der Waals surface area contributed by atoms with Crippen LogP contribution >= 0.6 is 0 Å². The third kappa shape index (κ3) is 5.47. The number of nitrogens with one attached hydrogen (secondary N) is 3. The van der Waals surface area contributed by atoms with E-state index in [0.717, 1.165) is 17.4 Å². The van der Waals surface area contributed by atoms with Crippen LogP contribution in [0.25, 0.3) is 0 Å². The van der Waals surface area contributed by atoms with Gasteiger partial charge in [-0.3, -0.25) is 14.6 Å². The van der Waals surface area contributed by atoms with Gasteiger partial charge in [-0.2, -0.15) is 0 Å². The van der Waals surface area contributed by atoms with Crippen LogP contribution in [0.2, 0.25) is 0 Å². The number of benzene rings is 1. The van der Waals surface area contributed by atoms with E-state index >= 15 is 0 Å². The second-order valence-electron chi connectivity index (χ2n) is 7.80. The Bertz CT molecular complexity index is 708. The second kappa shape index (κ2) is 9.57.